The van der Waals surface area contributed by atoms with Gasteiger partial charge in [-0.3, -0.25) is 0 Å². The van der Waals surface area contributed by atoms with Gasteiger partial charge in [-0.25, -0.2) is 9.67 Å². The molecule has 4 aromatic rings. The monoisotopic (exact) mass is 514 g/mol. The number of hydrogen-bond acceptors (Lipinski definition) is 9. The molecule has 38 heavy (non-hydrogen) atoms. The van der Waals surface area contributed by atoms with Gasteiger partial charge >= 0.3 is 0 Å². The van der Waals surface area contributed by atoms with Crippen molar-refractivity contribution in [3.05, 3.63) is 53.7 Å². The van der Waals surface area contributed by atoms with E-state index in [4.69, 9.17) is 29.5 Å². The van der Waals surface area contributed by atoms with Gasteiger partial charge in [0.1, 0.15) is 17.5 Å². The Balaban J connectivity index is 1.39. The Morgan fingerprint density at radius 3 is 2.34 bits per heavy atom. The Hall–Kier alpha value is -3.76. The van der Waals surface area contributed by atoms with Crippen LogP contribution >= 0.6 is 0 Å². The van der Waals surface area contributed by atoms with Crippen molar-refractivity contribution in [1.29, 1.82) is 0 Å². The van der Waals surface area contributed by atoms with Crippen LogP contribution in [0.4, 0.5) is 23.4 Å². The van der Waals surface area contributed by atoms with Crippen LogP contribution in [0.3, 0.4) is 0 Å². The van der Waals surface area contributed by atoms with Crippen molar-refractivity contribution < 1.29 is 9.47 Å². The highest BCUT2D eigenvalue weighted by Gasteiger charge is 2.26. The number of aryl methyl sites for hydroxylation is 2. The molecule has 6 rings (SSSR count). The number of morpholine rings is 2. The SMILES string of the molecule is Cc1ccc(-n2nc(C)cc2Nc2ccc3c(N4CCOCC4)nc(N4CC(C)OC(C)C4)nc3n2)cc1. The van der Waals surface area contributed by atoms with E-state index in [-0.39, 0.29) is 12.2 Å². The highest BCUT2D eigenvalue weighted by atomic mass is 16.5. The molecule has 0 saturated carbocycles. The van der Waals surface area contributed by atoms with E-state index >= 15 is 0 Å². The number of hydrogen-bond donors (Lipinski definition) is 1. The van der Waals surface area contributed by atoms with Crippen LogP contribution in [-0.4, -0.2) is 76.3 Å². The zero-order valence-electron chi connectivity index (χ0n) is 22.4. The third-order valence-electron chi connectivity index (χ3n) is 6.91. The first-order valence-corrected chi connectivity index (χ1v) is 13.3. The predicted octanol–water partition coefficient (Wildman–Crippen LogP) is 4.02. The molecular formula is C28H34N8O2. The quantitative estimate of drug-likeness (QED) is 0.424. The molecule has 0 spiro atoms. The van der Waals surface area contributed by atoms with Crippen LogP contribution in [-0.2, 0) is 9.47 Å². The fraction of sp³-hybridized carbons (Fsp3) is 0.429. The molecule has 2 saturated heterocycles. The van der Waals surface area contributed by atoms with E-state index in [1.165, 1.54) is 5.56 Å². The lowest BCUT2D eigenvalue weighted by Gasteiger charge is -2.36. The zero-order chi connectivity index (χ0) is 26.2. The van der Waals surface area contributed by atoms with Crippen molar-refractivity contribution in [3.63, 3.8) is 0 Å². The summed E-state index contributed by atoms with van der Waals surface area (Å²) in [5.41, 5.74) is 3.77. The highest BCUT2D eigenvalue weighted by Crippen LogP contribution is 2.30. The van der Waals surface area contributed by atoms with E-state index in [0.717, 1.165) is 54.6 Å². The molecule has 0 aliphatic carbocycles. The van der Waals surface area contributed by atoms with E-state index in [9.17, 15) is 0 Å². The summed E-state index contributed by atoms with van der Waals surface area (Å²) in [7, 11) is 0. The Bertz CT molecular complexity index is 1420. The van der Waals surface area contributed by atoms with Crippen molar-refractivity contribution in [3.8, 4) is 5.69 Å². The molecule has 2 aliphatic heterocycles. The number of rotatable bonds is 5. The Kier molecular flexibility index (Phi) is 6.59. The summed E-state index contributed by atoms with van der Waals surface area (Å²) < 4.78 is 13.5. The molecule has 1 aromatic carbocycles. The second kappa shape index (κ2) is 10.2. The minimum Gasteiger partial charge on any atom is -0.378 e. The molecule has 5 heterocycles. The van der Waals surface area contributed by atoms with E-state index < -0.39 is 0 Å². The normalized spacial score (nSPS) is 20.2. The van der Waals surface area contributed by atoms with Crippen molar-refractivity contribution >= 4 is 34.4 Å². The summed E-state index contributed by atoms with van der Waals surface area (Å²) in [6.07, 6.45) is 0.215. The van der Waals surface area contributed by atoms with Crippen LogP contribution in [0.25, 0.3) is 16.7 Å². The molecule has 2 atom stereocenters. The summed E-state index contributed by atoms with van der Waals surface area (Å²) in [6, 6.07) is 14.4. The fourth-order valence-electron chi connectivity index (χ4n) is 5.15. The largest absolute Gasteiger partial charge is 0.378 e. The smallest absolute Gasteiger partial charge is 0.229 e. The van der Waals surface area contributed by atoms with Gasteiger partial charge in [-0.2, -0.15) is 15.1 Å². The lowest BCUT2D eigenvalue weighted by molar-refractivity contribution is -0.00570. The predicted molar refractivity (Wildman–Crippen MR) is 149 cm³/mol. The molecular weight excluding hydrogens is 480 g/mol. The molecule has 198 valence electrons. The summed E-state index contributed by atoms with van der Waals surface area (Å²) in [4.78, 5) is 19.4. The van der Waals surface area contributed by atoms with Gasteiger partial charge in [-0.15, -0.1) is 0 Å². The summed E-state index contributed by atoms with van der Waals surface area (Å²) in [5.74, 6) is 3.13. The number of fused-ring (bicyclic) bond motifs is 1. The average Bonchev–Trinajstić information content (AvgIpc) is 3.28. The number of ether oxygens (including phenoxy) is 2. The second-order valence-electron chi connectivity index (χ2n) is 10.2. The number of aromatic nitrogens is 5. The van der Waals surface area contributed by atoms with Gasteiger partial charge in [0, 0.05) is 32.2 Å². The lowest BCUT2D eigenvalue weighted by atomic mass is 10.2. The second-order valence-corrected chi connectivity index (χ2v) is 10.2. The molecule has 2 fully saturated rings. The number of pyridine rings is 1. The van der Waals surface area contributed by atoms with E-state index in [0.29, 0.717) is 30.6 Å². The Morgan fingerprint density at radius 2 is 1.61 bits per heavy atom. The maximum absolute atomic E-state index is 5.96. The van der Waals surface area contributed by atoms with E-state index in [2.05, 4.69) is 66.2 Å². The lowest BCUT2D eigenvalue weighted by Crippen LogP contribution is -2.46. The van der Waals surface area contributed by atoms with Crippen molar-refractivity contribution in [1.82, 2.24) is 24.7 Å². The average molecular weight is 515 g/mol. The van der Waals surface area contributed by atoms with E-state index in [1.54, 1.807) is 0 Å². The van der Waals surface area contributed by atoms with Gasteiger partial charge < -0.3 is 24.6 Å². The van der Waals surface area contributed by atoms with Gasteiger partial charge in [0.05, 0.1) is 42.2 Å². The van der Waals surface area contributed by atoms with Gasteiger partial charge in [-0.1, -0.05) is 17.7 Å². The minimum absolute atomic E-state index is 0.108. The molecule has 0 amide bonds. The van der Waals surface area contributed by atoms with Crippen molar-refractivity contribution in [2.75, 3.05) is 54.5 Å². The molecule has 2 aliphatic rings. The third kappa shape index (κ3) is 5.01. The van der Waals surface area contributed by atoms with Gasteiger partial charge in [-0.05, 0) is 52.0 Å². The third-order valence-corrected chi connectivity index (χ3v) is 6.91. The van der Waals surface area contributed by atoms with Crippen LogP contribution in [0, 0.1) is 13.8 Å². The standard InChI is InChI=1S/C28H34N8O2/c1-18-5-7-22(8-6-18)36-25(15-19(2)33-36)29-24-10-9-23-26(30-24)31-28(35-16-20(3)38-21(4)17-35)32-27(23)34-11-13-37-14-12-34/h5-10,15,20-21H,11-14,16-17H2,1-4H3,(H,29,30,31,32). The number of benzene rings is 1. The topological polar surface area (TPSA) is 93.5 Å². The van der Waals surface area contributed by atoms with E-state index in [1.807, 2.05) is 23.7 Å². The fourth-order valence-corrected chi connectivity index (χ4v) is 5.15. The summed E-state index contributed by atoms with van der Waals surface area (Å²) in [6.45, 7) is 12.7. The molecule has 10 heteroatoms. The first-order valence-electron chi connectivity index (χ1n) is 13.3. The zero-order valence-corrected chi connectivity index (χ0v) is 22.4. The molecule has 1 N–H and O–H groups in total. The molecule has 0 bridgehead atoms. The first-order chi connectivity index (χ1) is 18.4. The first kappa shape index (κ1) is 24.6. The molecule has 10 nitrogen and oxygen atoms in total. The number of nitrogens with one attached hydrogen (secondary N) is 1. The minimum atomic E-state index is 0.108. The summed E-state index contributed by atoms with van der Waals surface area (Å²) >= 11 is 0. The van der Waals surface area contributed by atoms with Crippen LogP contribution < -0.4 is 15.1 Å². The van der Waals surface area contributed by atoms with Crippen LogP contribution in [0.15, 0.2) is 42.5 Å². The molecule has 2 unspecified atom stereocenters. The number of nitrogens with zero attached hydrogens (tertiary/aromatic N) is 7. The van der Waals surface area contributed by atoms with Crippen molar-refractivity contribution in [2.24, 2.45) is 0 Å². The van der Waals surface area contributed by atoms with Crippen molar-refractivity contribution in [2.45, 2.75) is 39.9 Å². The van der Waals surface area contributed by atoms with Gasteiger partial charge in [0.2, 0.25) is 5.95 Å². The van der Waals surface area contributed by atoms with Gasteiger partial charge in [0.15, 0.2) is 5.65 Å². The highest BCUT2D eigenvalue weighted by molar-refractivity contribution is 5.89. The Morgan fingerprint density at radius 1 is 0.868 bits per heavy atom. The van der Waals surface area contributed by atoms with Crippen LogP contribution in [0.5, 0.6) is 0 Å². The number of anilines is 4. The van der Waals surface area contributed by atoms with Crippen LogP contribution in [0.2, 0.25) is 0 Å². The maximum atomic E-state index is 5.96. The van der Waals surface area contributed by atoms with Gasteiger partial charge in [0.25, 0.3) is 0 Å². The Labute approximate surface area is 222 Å². The summed E-state index contributed by atoms with van der Waals surface area (Å²) in [5, 5.41) is 9.10. The molecule has 3 aromatic heterocycles. The van der Waals surface area contributed by atoms with Crippen LogP contribution in [0.1, 0.15) is 25.1 Å². The maximum Gasteiger partial charge on any atom is 0.229 e. The molecule has 0 radical (unpaired) electrons.